The Morgan fingerprint density at radius 3 is 1.97 bits per heavy atom. The van der Waals surface area contributed by atoms with Crippen molar-refractivity contribution in [1.29, 1.82) is 0 Å². The summed E-state index contributed by atoms with van der Waals surface area (Å²) in [6, 6.07) is 32.1. The van der Waals surface area contributed by atoms with E-state index >= 15 is 0 Å². The molecule has 0 aliphatic carbocycles. The van der Waals surface area contributed by atoms with E-state index in [9.17, 15) is 14.7 Å². The molecule has 0 aromatic heterocycles. The monoisotopic (exact) mass is 847 g/mol. The van der Waals surface area contributed by atoms with E-state index in [1.165, 1.54) is 77.0 Å². The van der Waals surface area contributed by atoms with Gasteiger partial charge in [0.1, 0.15) is 0 Å². The molecule has 4 aromatic rings. The highest BCUT2D eigenvalue weighted by Crippen LogP contribution is 2.39. The number of hydrogen-bond acceptors (Lipinski definition) is 7. The van der Waals surface area contributed by atoms with Crippen molar-refractivity contribution in [1.82, 2.24) is 10.2 Å². The van der Waals surface area contributed by atoms with Gasteiger partial charge in [0.05, 0.1) is 30.2 Å². The Bertz CT molecular complexity index is 1890. The maximum atomic E-state index is 12.8. The lowest BCUT2D eigenvalue weighted by molar-refractivity contribution is -0.253. The number of amides is 2. The summed E-state index contributed by atoms with van der Waals surface area (Å²) < 4.78 is 13.7. The van der Waals surface area contributed by atoms with Crippen LogP contribution < -0.4 is 16.4 Å². The van der Waals surface area contributed by atoms with Gasteiger partial charge < -0.3 is 35.8 Å². The third kappa shape index (κ3) is 17.0. The largest absolute Gasteiger partial charge is 0.397 e. The lowest BCUT2D eigenvalue weighted by atomic mass is 9.98. The Kier molecular flexibility index (Phi) is 21.5. The summed E-state index contributed by atoms with van der Waals surface area (Å²) in [4.78, 5) is 27.8. The minimum Gasteiger partial charge on any atom is -0.397 e. The summed E-state index contributed by atoms with van der Waals surface area (Å²) in [6.45, 7) is 8.05. The zero-order valence-electron chi connectivity index (χ0n) is 37.6. The van der Waals surface area contributed by atoms with Gasteiger partial charge in [0, 0.05) is 37.9 Å². The molecule has 0 spiro atoms. The van der Waals surface area contributed by atoms with E-state index in [4.69, 9.17) is 15.2 Å². The number of para-hydroxylation sites is 2. The molecule has 0 radical (unpaired) electrons. The number of nitrogen functional groups attached to an aromatic ring is 1. The summed E-state index contributed by atoms with van der Waals surface area (Å²) in [7, 11) is 0. The minimum atomic E-state index is -0.536. The van der Waals surface area contributed by atoms with Gasteiger partial charge in [-0.25, -0.2) is 0 Å². The van der Waals surface area contributed by atoms with Gasteiger partial charge in [0.25, 0.3) is 0 Å². The second-order valence-corrected chi connectivity index (χ2v) is 17.1. The number of anilines is 2. The van der Waals surface area contributed by atoms with Crippen LogP contribution in [-0.2, 0) is 32.2 Å². The lowest BCUT2D eigenvalue weighted by Crippen LogP contribution is -2.40. The number of unbranched alkanes of at least 4 members (excludes halogenated alkanes) is 11. The van der Waals surface area contributed by atoms with Crippen LogP contribution in [0.1, 0.15) is 158 Å². The Balaban J connectivity index is 1.20. The van der Waals surface area contributed by atoms with Gasteiger partial charge in [-0.15, -0.1) is 0 Å². The maximum absolute atomic E-state index is 12.8. The van der Waals surface area contributed by atoms with Crippen LogP contribution in [0.15, 0.2) is 97.1 Å². The SMILES string of the molecule is CCCCCCCCN(CCCCCCCC)C[C@H]1C[C@@H](c2ccc(CO)cc2)O[C@@H](c2cccc(-c3cccc(CNC(=O)CCCCC(=O)Nc4ccccc4N)c3)c2)O1. The Labute approximate surface area is 372 Å². The molecule has 0 bridgehead atoms. The number of rotatable bonds is 28. The maximum Gasteiger partial charge on any atom is 0.224 e. The molecule has 2 amide bonds. The summed E-state index contributed by atoms with van der Waals surface area (Å²) in [5.41, 5.74) is 13.2. The average molecular weight is 847 g/mol. The third-order valence-corrected chi connectivity index (χ3v) is 11.9. The van der Waals surface area contributed by atoms with Crippen molar-refractivity contribution >= 4 is 23.2 Å². The molecule has 3 atom stereocenters. The van der Waals surface area contributed by atoms with Crippen molar-refractivity contribution in [3.8, 4) is 11.1 Å². The van der Waals surface area contributed by atoms with E-state index < -0.39 is 6.29 Å². The van der Waals surface area contributed by atoms with Crippen LogP contribution in [0.25, 0.3) is 11.1 Å². The summed E-state index contributed by atoms with van der Waals surface area (Å²) in [5.74, 6) is -0.146. The topological polar surface area (TPSA) is 126 Å². The predicted octanol–water partition coefficient (Wildman–Crippen LogP) is 11.8. The molecule has 5 N–H and O–H groups in total. The van der Waals surface area contributed by atoms with Crippen molar-refractivity contribution in [2.45, 2.75) is 155 Å². The smallest absolute Gasteiger partial charge is 0.224 e. The molecule has 336 valence electrons. The first-order valence-corrected chi connectivity index (χ1v) is 23.7. The number of hydrogen-bond donors (Lipinski definition) is 4. The second kappa shape index (κ2) is 27.5. The van der Waals surface area contributed by atoms with E-state index in [-0.39, 0.29) is 30.6 Å². The molecule has 9 nitrogen and oxygen atoms in total. The zero-order chi connectivity index (χ0) is 43.8. The highest BCUT2D eigenvalue weighted by atomic mass is 16.7. The second-order valence-electron chi connectivity index (χ2n) is 17.1. The van der Waals surface area contributed by atoms with Gasteiger partial charge in [-0.05, 0) is 90.9 Å². The molecular formula is C53H74N4O5. The molecule has 62 heavy (non-hydrogen) atoms. The van der Waals surface area contributed by atoms with Gasteiger partial charge in [0.2, 0.25) is 11.8 Å². The zero-order valence-corrected chi connectivity index (χ0v) is 37.6. The number of benzene rings is 4. The first kappa shape index (κ1) is 48.5. The van der Waals surface area contributed by atoms with Gasteiger partial charge >= 0.3 is 0 Å². The number of nitrogens with one attached hydrogen (secondary N) is 2. The molecule has 9 heteroatoms. The fraction of sp³-hybridized carbons (Fsp3) is 0.509. The average Bonchev–Trinajstić information content (AvgIpc) is 3.30. The van der Waals surface area contributed by atoms with E-state index in [0.717, 1.165) is 59.4 Å². The Morgan fingerprint density at radius 2 is 1.29 bits per heavy atom. The number of ether oxygens (including phenoxy) is 2. The van der Waals surface area contributed by atoms with Crippen LogP contribution in [0.5, 0.6) is 0 Å². The van der Waals surface area contributed by atoms with Crippen LogP contribution in [0.3, 0.4) is 0 Å². The van der Waals surface area contributed by atoms with E-state index in [2.05, 4.69) is 77.9 Å². The molecule has 1 heterocycles. The van der Waals surface area contributed by atoms with Gasteiger partial charge in [-0.2, -0.15) is 0 Å². The number of nitrogens with zero attached hydrogens (tertiary/aromatic N) is 1. The fourth-order valence-corrected chi connectivity index (χ4v) is 8.26. The molecule has 0 unspecified atom stereocenters. The molecule has 1 saturated heterocycles. The first-order chi connectivity index (χ1) is 30.3. The van der Waals surface area contributed by atoms with Gasteiger partial charge in [-0.3, -0.25) is 9.59 Å². The minimum absolute atomic E-state index is 0.00198. The third-order valence-electron chi connectivity index (χ3n) is 11.9. The number of carbonyl (C=O) groups is 2. The number of carbonyl (C=O) groups excluding carboxylic acids is 2. The molecule has 5 rings (SSSR count). The highest BCUT2D eigenvalue weighted by Gasteiger charge is 2.33. The van der Waals surface area contributed by atoms with E-state index in [1.54, 1.807) is 12.1 Å². The lowest BCUT2D eigenvalue weighted by Gasteiger charge is -2.38. The summed E-state index contributed by atoms with van der Waals surface area (Å²) >= 11 is 0. The van der Waals surface area contributed by atoms with Crippen LogP contribution in [-0.4, -0.2) is 47.6 Å². The standard InChI is InChI=1S/C53H74N4O5/c1-3-5-7-9-11-17-33-57(34-18-12-10-8-6-4-2)39-47-37-50(43-31-29-41(40-58)30-32-43)62-53(61-47)46-24-20-23-45(36-46)44-22-19-21-42(35-44)38-55-51(59)27-15-16-28-52(60)56-49-26-14-13-25-48(49)54/h13-14,19-26,29-32,35-36,47,50,53,58H,3-12,15-18,27-28,33-34,37-40,54H2,1-2H3,(H,55,59)(H,56,60)/t47-,50+,53+/m1/s1. The summed E-state index contributed by atoms with van der Waals surface area (Å²) in [6.07, 6.45) is 17.4. The fourth-order valence-electron chi connectivity index (χ4n) is 8.26. The number of nitrogens with two attached hydrogens (primary N) is 1. The highest BCUT2D eigenvalue weighted by molar-refractivity contribution is 5.93. The van der Waals surface area contributed by atoms with Crippen LogP contribution >= 0.6 is 0 Å². The van der Waals surface area contributed by atoms with Crippen molar-refractivity contribution < 1.29 is 24.2 Å². The van der Waals surface area contributed by atoms with Crippen molar-refractivity contribution in [2.75, 3.05) is 30.7 Å². The Hall–Kier alpha value is -4.54. The van der Waals surface area contributed by atoms with Gasteiger partial charge in [0.15, 0.2) is 6.29 Å². The van der Waals surface area contributed by atoms with E-state index in [1.807, 2.05) is 36.4 Å². The molecular weight excluding hydrogens is 773 g/mol. The predicted molar refractivity (Wildman–Crippen MR) is 253 cm³/mol. The summed E-state index contributed by atoms with van der Waals surface area (Å²) in [5, 5.41) is 15.6. The molecule has 1 aliphatic heterocycles. The van der Waals surface area contributed by atoms with Crippen molar-refractivity contribution in [3.63, 3.8) is 0 Å². The Morgan fingerprint density at radius 1 is 0.661 bits per heavy atom. The molecule has 1 aliphatic rings. The molecule has 1 fully saturated rings. The van der Waals surface area contributed by atoms with Gasteiger partial charge in [-0.1, -0.05) is 151 Å². The quantitative estimate of drug-likeness (QED) is 0.0331. The van der Waals surface area contributed by atoms with Crippen LogP contribution in [0, 0.1) is 0 Å². The molecule has 0 saturated carbocycles. The van der Waals surface area contributed by atoms with E-state index in [0.29, 0.717) is 43.6 Å². The van der Waals surface area contributed by atoms with Crippen molar-refractivity contribution in [3.05, 3.63) is 119 Å². The number of aliphatic hydroxyl groups excluding tert-OH is 1. The number of aliphatic hydroxyl groups is 1. The van der Waals surface area contributed by atoms with Crippen LogP contribution in [0.4, 0.5) is 11.4 Å². The molecule has 4 aromatic carbocycles. The van der Waals surface area contributed by atoms with Crippen LogP contribution in [0.2, 0.25) is 0 Å². The normalized spacial score (nSPS) is 16.4. The first-order valence-electron chi connectivity index (χ1n) is 23.7. The van der Waals surface area contributed by atoms with Crippen molar-refractivity contribution in [2.24, 2.45) is 0 Å².